The first-order valence-corrected chi connectivity index (χ1v) is 7.53. The monoisotopic (exact) mass is 304 g/mol. The summed E-state index contributed by atoms with van der Waals surface area (Å²) in [6.07, 6.45) is 3.39. The maximum absolute atomic E-state index is 13.4. The van der Waals surface area contributed by atoms with Crippen LogP contribution in [-0.4, -0.2) is 12.7 Å². The van der Waals surface area contributed by atoms with Gasteiger partial charge in [-0.15, -0.1) is 11.6 Å². The SMILES string of the molecule is CCOC1CC(CC(Cl)c2cc(C)c(F)cc2Cl)C1. The summed E-state index contributed by atoms with van der Waals surface area (Å²) in [5.74, 6) is 0.304. The van der Waals surface area contributed by atoms with Crippen molar-refractivity contribution >= 4 is 23.2 Å². The van der Waals surface area contributed by atoms with Crippen molar-refractivity contribution in [2.24, 2.45) is 5.92 Å². The largest absolute Gasteiger partial charge is 0.378 e. The van der Waals surface area contributed by atoms with E-state index in [0.29, 0.717) is 22.6 Å². The lowest BCUT2D eigenvalue weighted by Crippen LogP contribution is -2.31. The second-order valence-corrected chi connectivity index (χ2v) is 6.17. The normalized spacial score (nSPS) is 24.1. The van der Waals surface area contributed by atoms with Crippen LogP contribution in [0.5, 0.6) is 0 Å². The number of halogens is 3. The van der Waals surface area contributed by atoms with E-state index in [-0.39, 0.29) is 11.2 Å². The van der Waals surface area contributed by atoms with E-state index in [1.807, 2.05) is 6.92 Å². The van der Waals surface area contributed by atoms with Crippen LogP contribution in [0.4, 0.5) is 4.39 Å². The summed E-state index contributed by atoms with van der Waals surface area (Å²) in [4.78, 5) is 0. The molecule has 2 rings (SSSR count). The molecule has 1 fully saturated rings. The summed E-state index contributed by atoms with van der Waals surface area (Å²) in [6.45, 7) is 4.51. The van der Waals surface area contributed by atoms with Crippen molar-refractivity contribution in [2.45, 2.75) is 44.6 Å². The van der Waals surface area contributed by atoms with Gasteiger partial charge in [0, 0.05) is 11.6 Å². The van der Waals surface area contributed by atoms with Crippen LogP contribution in [-0.2, 0) is 4.74 Å². The van der Waals surface area contributed by atoms with Gasteiger partial charge in [0.25, 0.3) is 0 Å². The summed E-state index contributed by atoms with van der Waals surface area (Å²) in [7, 11) is 0. The van der Waals surface area contributed by atoms with E-state index in [4.69, 9.17) is 27.9 Å². The molecule has 0 N–H and O–H groups in total. The average molecular weight is 305 g/mol. The zero-order valence-electron chi connectivity index (χ0n) is 11.3. The number of aryl methyl sites for hydroxylation is 1. The highest BCUT2D eigenvalue weighted by atomic mass is 35.5. The second kappa shape index (κ2) is 6.43. The van der Waals surface area contributed by atoms with Crippen LogP contribution >= 0.6 is 23.2 Å². The van der Waals surface area contributed by atoms with Gasteiger partial charge < -0.3 is 4.74 Å². The van der Waals surface area contributed by atoms with Crippen molar-refractivity contribution in [1.29, 1.82) is 0 Å². The van der Waals surface area contributed by atoms with Crippen molar-refractivity contribution < 1.29 is 9.13 Å². The molecule has 0 aromatic heterocycles. The van der Waals surface area contributed by atoms with Crippen molar-refractivity contribution in [3.8, 4) is 0 Å². The molecule has 1 unspecified atom stereocenters. The summed E-state index contributed by atoms with van der Waals surface area (Å²) in [5.41, 5.74) is 1.42. The Morgan fingerprint density at radius 2 is 2.11 bits per heavy atom. The molecule has 19 heavy (non-hydrogen) atoms. The molecule has 1 aliphatic carbocycles. The van der Waals surface area contributed by atoms with Gasteiger partial charge in [0.05, 0.1) is 11.5 Å². The molecule has 0 radical (unpaired) electrons. The molecule has 0 amide bonds. The van der Waals surface area contributed by atoms with Crippen LogP contribution in [0.2, 0.25) is 5.02 Å². The van der Waals surface area contributed by atoms with Gasteiger partial charge in [0.2, 0.25) is 0 Å². The number of ether oxygens (including phenoxy) is 1. The first kappa shape index (κ1) is 15.1. The maximum Gasteiger partial charge on any atom is 0.127 e. The summed E-state index contributed by atoms with van der Waals surface area (Å²) in [6, 6.07) is 3.11. The maximum atomic E-state index is 13.4. The smallest absolute Gasteiger partial charge is 0.127 e. The first-order valence-electron chi connectivity index (χ1n) is 6.72. The van der Waals surface area contributed by atoms with E-state index in [0.717, 1.165) is 31.4 Å². The van der Waals surface area contributed by atoms with Gasteiger partial charge in [0.15, 0.2) is 0 Å². The van der Waals surface area contributed by atoms with Gasteiger partial charge in [-0.25, -0.2) is 4.39 Å². The van der Waals surface area contributed by atoms with Crippen LogP contribution in [0.3, 0.4) is 0 Å². The second-order valence-electron chi connectivity index (χ2n) is 5.24. The number of rotatable bonds is 5. The Hall–Kier alpha value is -0.310. The lowest BCUT2D eigenvalue weighted by molar-refractivity contribution is -0.0267. The third-order valence-corrected chi connectivity index (χ3v) is 4.49. The van der Waals surface area contributed by atoms with Gasteiger partial charge >= 0.3 is 0 Å². The van der Waals surface area contributed by atoms with Gasteiger partial charge in [-0.2, -0.15) is 0 Å². The molecule has 1 saturated carbocycles. The highest BCUT2D eigenvalue weighted by molar-refractivity contribution is 6.32. The Bertz CT molecular complexity index is 444. The minimum atomic E-state index is -0.280. The van der Waals surface area contributed by atoms with E-state index in [9.17, 15) is 4.39 Å². The van der Waals surface area contributed by atoms with Crippen LogP contribution in [0.25, 0.3) is 0 Å². The molecule has 106 valence electrons. The van der Waals surface area contributed by atoms with Crippen molar-refractivity contribution in [3.05, 3.63) is 34.1 Å². The molecule has 1 aromatic rings. The van der Waals surface area contributed by atoms with Crippen LogP contribution < -0.4 is 0 Å². The molecule has 0 saturated heterocycles. The molecule has 0 bridgehead atoms. The Morgan fingerprint density at radius 3 is 2.74 bits per heavy atom. The molecular formula is C15H19Cl2FO. The van der Waals surface area contributed by atoms with Crippen LogP contribution in [0.15, 0.2) is 12.1 Å². The molecule has 1 aromatic carbocycles. The van der Waals surface area contributed by atoms with Crippen molar-refractivity contribution in [1.82, 2.24) is 0 Å². The predicted molar refractivity (Wildman–Crippen MR) is 77.5 cm³/mol. The molecular weight excluding hydrogens is 286 g/mol. The fraction of sp³-hybridized carbons (Fsp3) is 0.600. The zero-order chi connectivity index (χ0) is 14.0. The lowest BCUT2D eigenvalue weighted by Gasteiger charge is -2.36. The van der Waals surface area contributed by atoms with Crippen LogP contribution in [0, 0.1) is 18.7 Å². The third kappa shape index (κ3) is 3.62. The first-order chi connectivity index (χ1) is 9.01. The van der Waals surface area contributed by atoms with Gasteiger partial charge in [-0.05, 0) is 56.2 Å². The molecule has 1 aliphatic rings. The molecule has 0 aliphatic heterocycles. The highest BCUT2D eigenvalue weighted by Gasteiger charge is 2.31. The minimum Gasteiger partial charge on any atom is -0.378 e. The summed E-state index contributed by atoms with van der Waals surface area (Å²) < 4.78 is 18.9. The average Bonchev–Trinajstić information content (AvgIpc) is 2.31. The lowest BCUT2D eigenvalue weighted by atomic mass is 9.78. The number of hydrogen-bond donors (Lipinski definition) is 0. The van der Waals surface area contributed by atoms with E-state index in [1.165, 1.54) is 6.07 Å². The van der Waals surface area contributed by atoms with Crippen molar-refractivity contribution in [2.75, 3.05) is 6.61 Å². The fourth-order valence-electron chi connectivity index (χ4n) is 2.58. The van der Waals surface area contributed by atoms with Crippen LogP contribution in [0.1, 0.15) is 42.7 Å². The molecule has 4 heteroatoms. The molecule has 1 atom stereocenters. The molecule has 0 spiro atoms. The van der Waals surface area contributed by atoms with Gasteiger partial charge in [0.1, 0.15) is 5.82 Å². The standard InChI is InChI=1S/C15H19Cl2FO/c1-3-19-11-5-10(6-11)7-13(16)12-4-9(2)15(18)8-14(12)17/h4,8,10-11,13H,3,5-7H2,1-2H3. The number of hydrogen-bond acceptors (Lipinski definition) is 1. The number of alkyl halides is 1. The van der Waals surface area contributed by atoms with E-state index >= 15 is 0 Å². The topological polar surface area (TPSA) is 9.23 Å². The van der Waals surface area contributed by atoms with Gasteiger partial charge in [-0.1, -0.05) is 17.7 Å². The minimum absolute atomic E-state index is 0.153. The fourth-order valence-corrected chi connectivity index (χ4v) is 3.35. The Kier molecular flexibility index (Phi) is 5.10. The summed E-state index contributed by atoms with van der Waals surface area (Å²) in [5, 5.41) is 0.267. The zero-order valence-corrected chi connectivity index (χ0v) is 12.8. The van der Waals surface area contributed by atoms with Gasteiger partial charge in [-0.3, -0.25) is 0 Å². The Morgan fingerprint density at radius 1 is 1.42 bits per heavy atom. The Balaban J connectivity index is 1.94. The Labute approximate surface area is 124 Å². The highest BCUT2D eigenvalue weighted by Crippen LogP contribution is 2.41. The third-order valence-electron chi connectivity index (χ3n) is 3.75. The summed E-state index contributed by atoms with van der Waals surface area (Å²) >= 11 is 12.5. The predicted octanol–water partition coefficient (Wildman–Crippen LogP) is 5.27. The quantitative estimate of drug-likeness (QED) is 0.673. The van der Waals surface area contributed by atoms with E-state index in [1.54, 1.807) is 13.0 Å². The molecule has 0 heterocycles. The van der Waals surface area contributed by atoms with Crippen molar-refractivity contribution in [3.63, 3.8) is 0 Å². The van der Waals surface area contributed by atoms with E-state index in [2.05, 4.69) is 0 Å². The number of benzene rings is 1. The molecule has 1 nitrogen and oxygen atoms in total. The van der Waals surface area contributed by atoms with E-state index < -0.39 is 0 Å².